The molecule has 0 aromatic heterocycles. The van der Waals surface area contributed by atoms with Crippen LogP contribution >= 0.6 is 0 Å². The van der Waals surface area contributed by atoms with E-state index in [4.69, 9.17) is 0 Å². The van der Waals surface area contributed by atoms with Crippen molar-refractivity contribution in [1.82, 2.24) is 0 Å². The van der Waals surface area contributed by atoms with Crippen molar-refractivity contribution in [2.75, 3.05) is 23.0 Å². The van der Waals surface area contributed by atoms with E-state index in [9.17, 15) is 0 Å². The van der Waals surface area contributed by atoms with Gasteiger partial charge in [-0.3, -0.25) is 0 Å². The van der Waals surface area contributed by atoms with Crippen LogP contribution in [0.1, 0.15) is 27.7 Å². The fourth-order valence-electron chi connectivity index (χ4n) is 0. The molecular formula is C8H20S4Th. The first kappa shape index (κ1) is 29.6. The third-order valence-corrected chi connectivity index (χ3v) is 0. The van der Waals surface area contributed by atoms with Gasteiger partial charge in [-0.05, 0) is 0 Å². The third kappa shape index (κ3) is 321. The molecule has 0 radical (unpaired) electrons. The second-order valence-corrected chi connectivity index (χ2v) is 3.46. The predicted octanol–water partition coefficient (Wildman–Crippen LogP) is 2.21. The Bertz CT molecular complexity index is 24.1. The van der Waals surface area contributed by atoms with Crippen molar-refractivity contribution in [2.45, 2.75) is 27.7 Å². The molecule has 0 unspecified atom stereocenters. The smallest absolute Gasteiger partial charge is 0.793 e. The maximum absolute atomic E-state index is 4.39. The zero-order valence-electron chi connectivity index (χ0n) is 8.96. The predicted molar refractivity (Wildman–Crippen MR) is 71.6 cm³/mol. The van der Waals surface area contributed by atoms with Crippen LogP contribution in [-0.4, -0.2) is 23.0 Å². The van der Waals surface area contributed by atoms with Crippen LogP contribution in [-0.2, 0) is 50.5 Å². The Morgan fingerprint density at radius 1 is 0.538 bits per heavy atom. The minimum Gasteiger partial charge on any atom is -0.793 e. The molecule has 13 heavy (non-hydrogen) atoms. The van der Waals surface area contributed by atoms with Gasteiger partial charge in [-0.15, -0.1) is 0 Å². The summed E-state index contributed by atoms with van der Waals surface area (Å²) < 4.78 is 0. The first-order chi connectivity index (χ1) is 5.66. The molecule has 0 aromatic rings. The molecule has 0 bridgehead atoms. The quantitative estimate of drug-likeness (QED) is 0.492. The standard InChI is InChI=1S/4C2H6S.Th/c4*1-2-3;/h4*3H,2H2,1H3;/q;;;;+4/p-4. The second kappa shape index (κ2) is 61.3. The summed E-state index contributed by atoms with van der Waals surface area (Å²) in [5.41, 5.74) is 0. The molecule has 0 saturated carbocycles. The summed E-state index contributed by atoms with van der Waals surface area (Å²) in [6.07, 6.45) is 0. The fraction of sp³-hybridized carbons (Fsp3) is 1.00. The van der Waals surface area contributed by atoms with Gasteiger partial charge in [0.2, 0.25) is 0 Å². The second-order valence-electron chi connectivity index (χ2n) is 1.15. The van der Waals surface area contributed by atoms with Crippen LogP contribution in [0.5, 0.6) is 0 Å². The number of hydrogen-bond donors (Lipinski definition) is 0. The van der Waals surface area contributed by atoms with Gasteiger partial charge in [-0.2, -0.15) is 23.0 Å². The van der Waals surface area contributed by atoms with E-state index in [0.29, 0.717) is 0 Å². The molecule has 0 atom stereocenters. The van der Waals surface area contributed by atoms with Gasteiger partial charge >= 0.3 is 39.9 Å². The first-order valence-electron chi connectivity index (χ1n) is 3.98. The Morgan fingerprint density at radius 3 is 0.538 bits per heavy atom. The van der Waals surface area contributed by atoms with E-state index in [-0.39, 0.29) is 39.9 Å². The van der Waals surface area contributed by atoms with Gasteiger partial charge in [0.15, 0.2) is 0 Å². The van der Waals surface area contributed by atoms with E-state index in [0.717, 1.165) is 23.0 Å². The summed E-state index contributed by atoms with van der Waals surface area (Å²) in [5.74, 6) is 3.33. The van der Waals surface area contributed by atoms with Crippen LogP contribution in [0.3, 0.4) is 0 Å². The maximum Gasteiger partial charge on any atom is 4.00 e. The maximum atomic E-state index is 4.39. The van der Waals surface area contributed by atoms with Crippen molar-refractivity contribution in [1.29, 1.82) is 0 Å². The monoisotopic (exact) mass is 476 g/mol. The van der Waals surface area contributed by atoms with Gasteiger partial charge in [0.05, 0.1) is 0 Å². The van der Waals surface area contributed by atoms with Crippen LogP contribution < -0.4 is 0 Å². The summed E-state index contributed by atoms with van der Waals surface area (Å²) in [6.45, 7) is 7.76. The van der Waals surface area contributed by atoms with Gasteiger partial charge in [0, 0.05) is 0 Å². The summed E-state index contributed by atoms with van der Waals surface area (Å²) in [7, 11) is 0. The van der Waals surface area contributed by atoms with Crippen molar-refractivity contribution >= 4 is 50.5 Å². The molecule has 0 aliphatic rings. The average Bonchev–Trinajstić information content (AvgIpc) is 1.92. The topological polar surface area (TPSA) is 0 Å². The molecule has 0 aliphatic carbocycles. The molecule has 0 aromatic carbocycles. The van der Waals surface area contributed by atoms with Crippen LogP contribution in [0.25, 0.3) is 0 Å². The van der Waals surface area contributed by atoms with Gasteiger partial charge in [-0.25, -0.2) is 0 Å². The molecule has 0 N–H and O–H groups in total. The molecule has 0 nitrogen and oxygen atoms in total. The van der Waals surface area contributed by atoms with Crippen molar-refractivity contribution in [3.05, 3.63) is 0 Å². The Hall–Kier alpha value is 2.72. The average molecular weight is 477 g/mol. The van der Waals surface area contributed by atoms with Crippen LogP contribution in [0.2, 0.25) is 0 Å². The van der Waals surface area contributed by atoms with Crippen molar-refractivity contribution in [3.63, 3.8) is 0 Å². The van der Waals surface area contributed by atoms with Crippen LogP contribution in [0.4, 0.5) is 0 Å². The number of hydrogen-bond acceptors (Lipinski definition) is 4. The van der Waals surface area contributed by atoms with Crippen LogP contribution in [0, 0.1) is 39.9 Å². The summed E-state index contributed by atoms with van der Waals surface area (Å²) in [6, 6.07) is 0. The summed E-state index contributed by atoms with van der Waals surface area (Å²) in [4.78, 5) is 0. The van der Waals surface area contributed by atoms with Gasteiger partial charge in [-0.1, -0.05) is 27.7 Å². The molecule has 0 heterocycles. The Morgan fingerprint density at radius 2 is 0.538 bits per heavy atom. The molecule has 80 valence electrons. The first-order valence-corrected chi connectivity index (χ1v) is 6.29. The van der Waals surface area contributed by atoms with Gasteiger partial charge < -0.3 is 50.5 Å². The molecule has 0 saturated heterocycles. The van der Waals surface area contributed by atoms with Crippen molar-refractivity contribution in [3.8, 4) is 0 Å². The fourth-order valence-corrected chi connectivity index (χ4v) is 0. The van der Waals surface area contributed by atoms with E-state index in [2.05, 4.69) is 50.5 Å². The number of rotatable bonds is 0. The summed E-state index contributed by atoms with van der Waals surface area (Å²) in [5, 5.41) is 0. The van der Waals surface area contributed by atoms with Gasteiger partial charge in [0.25, 0.3) is 0 Å². The SMILES string of the molecule is CC[S-].CC[S-].CC[S-].CC[S-].[Th+4]. The Balaban J connectivity index is -0.0000000213. The molecule has 5 heteroatoms. The Kier molecular flexibility index (Phi) is 140. The van der Waals surface area contributed by atoms with Crippen LogP contribution in [0.15, 0.2) is 0 Å². The summed E-state index contributed by atoms with van der Waals surface area (Å²) >= 11 is 17.6. The molecule has 0 fully saturated rings. The minimum atomic E-state index is 0. The minimum absolute atomic E-state index is 0. The van der Waals surface area contributed by atoms with E-state index in [1.165, 1.54) is 0 Å². The van der Waals surface area contributed by atoms with E-state index < -0.39 is 0 Å². The normalized spacial score (nSPS) is 5.54. The molecule has 0 spiro atoms. The largest absolute Gasteiger partial charge is 4.00 e. The van der Waals surface area contributed by atoms with Crippen molar-refractivity contribution < 1.29 is 39.9 Å². The van der Waals surface area contributed by atoms with E-state index in [1.807, 2.05) is 27.7 Å². The Labute approximate surface area is 139 Å². The zero-order valence-corrected chi connectivity index (χ0v) is 16.3. The zero-order chi connectivity index (χ0) is 10.8. The van der Waals surface area contributed by atoms with E-state index in [1.54, 1.807) is 0 Å². The third-order valence-electron chi connectivity index (χ3n) is 0. The van der Waals surface area contributed by atoms with E-state index >= 15 is 0 Å². The molecular weight excluding hydrogens is 456 g/mol. The molecule has 0 rings (SSSR count). The van der Waals surface area contributed by atoms with Crippen molar-refractivity contribution in [2.24, 2.45) is 0 Å². The molecule has 0 amide bonds. The van der Waals surface area contributed by atoms with Gasteiger partial charge in [0.1, 0.15) is 0 Å². The molecule has 0 aliphatic heterocycles.